The van der Waals surface area contributed by atoms with Gasteiger partial charge in [0.15, 0.2) is 0 Å². The van der Waals surface area contributed by atoms with E-state index in [0.29, 0.717) is 31.0 Å². The Labute approximate surface area is 109 Å². The standard InChI is InChI=1S/C13H13F2N3O/c14-12(15)10-5-18(6-10)13-8(4-16)3-9-7-19-2-1-11(9)17-13/h3,10,12H,1-2,5-7H2. The molecule has 6 heteroatoms. The van der Waals surface area contributed by atoms with Crippen LogP contribution in [0.1, 0.15) is 16.8 Å². The second kappa shape index (κ2) is 4.74. The Morgan fingerprint density at radius 2 is 2.26 bits per heavy atom. The van der Waals surface area contributed by atoms with Gasteiger partial charge in [0.25, 0.3) is 0 Å². The summed E-state index contributed by atoms with van der Waals surface area (Å²) < 4.78 is 30.3. The normalized spacial score (nSPS) is 18.9. The van der Waals surface area contributed by atoms with Crippen molar-refractivity contribution in [3.63, 3.8) is 0 Å². The van der Waals surface area contributed by atoms with Crippen molar-refractivity contribution < 1.29 is 13.5 Å². The number of hydrogen-bond acceptors (Lipinski definition) is 4. The third-order valence-electron chi connectivity index (χ3n) is 3.60. The molecule has 1 aromatic rings. The lowest BCUT2D eigenvalue weighted by Crippen LogP contribution is -2.50. The summed E-state index contributed by atoms with van der Waals surface area (Å²) in [5.74, 6) is -0.0623. The Hall–Kier alpha value is -1.74. The number of halogens is 2. The molecule has 0 saturated carbocycles. The van der Waals surface area contributed by atoms with Crippen LogP contribution in [0.4, 0.5) is 14.6 Å². The number of hydrogen-bond donors (Lipinski definition) is 0. The van der Waals surface area contributed by atoms with Crippen LogP contribution in [-0.2, 0) is 17.8 Å². The summed E-state index contributed by atoms with van der Waals surface area (Å²) in [4.78, 5) is 6.23. The van der Waals surface area contributed by atoms with Gasteiger partial charge in [0.05, 0.1) is 30.4 Å². The molecule has 0 amide bonds. The van der Waals surface area contributed by atoms with Crippen LogP contribution in [0.25, 0.3) is 0 Å². The van der Waals surface area contributed by atoms with Gasteiger partial charge >= 0.3 is 0 Å². The molecular weight excluding hydrogens is 252 g/mol. The summed E-state index contributed by atoms with van der Waals surface area (Å²) in [7, 11) is 0. The van der Waals surface area contributed by atoms with E-state index in [1.807, 2.05) is 0 Å². The van der Waals surface area contributed by atoms with E-state index in [1.54, 1.807) is 11.0 Å². The highest BCUT2D eigenvalue weighted by atomic mass is 19.3. The summed E-state index contributed by atoms with van der Waals surface area (Å²) in [6, 6.07) is 3.86. The first kappa shape index (κ1) is 12.3. The van der Waals surface area contributed by atoms with Crippen molar-refractivity contribution in [1.29, 1.82) is 5.26 Å². The largest absolute Gasteiger partial charge is 0.376 e. The first-order valence-corrected chi connectivity index (χ1v) is 6.22. The molecule has 0 N–H and O–H groups in total. The SMILES string of the molecule is N#Cc1cc2c(nc1N1CC(C(F)F)C1)CCOC2. The quantitative estimate of drug-likeness (QED) is 0.817. The van der Waals surface area contributed by atoms with E-state index in [4.69, 9.17) is 10.00 Å². The predicted molar refractivity (Wildman–Crippen MR) is 64.0 cm³/mol. The maximum absolute atomic E-state index is 12.5. The summed E-state index contributed by atoms with van der Waals surface area (Å²) in [6.07, 6.45) is -1.59. The Morgan fingerprint density at radius 1 is 1.47 bits per heavy atom. The van der Waals surface area contributed by atoms with Gasteiger partial charge in [-0.1, -0.05) is 0 Å². The molecule has 19 heavy (non-hydrogen) atoms. The molecule has 1 aromatic heterocycles. The number of pyridine rings is 1. The third kappa shape index (κ3) is 2.15. The molecule has 4 nitrogen and oxygen atoms in total. The van der Waals surface area contributed by atoms with E-state index in [9.17, 15) is 8.78 Å². The van der Waals surface area contributed by atoms with Crippen LogP contribution in [0.5, 0.6) is 0 Å². The summed E-state index contributed by atoms with van der Waals surface area (Å²) in [5, 5.41) is 9.16. The Morgan fingerprint density at radius 3 is 2.95 bits per heavy atom. The number of nitriles is 1. The van der Waals surface area contributed by atoms with E-state index >= 15 is 0 Å². The Balaban J connectivity index is 1.87. The maximum atomic E-state index is 12.5. The third-order valence-corrected chi connectivity index (χ3v) is 3.60. The van der Waals surface area contributed by atoms with Crippen molar-refractivity contribution in [2.45, 2.75) is 19.5 Å². The first-order valence-electron chi connectivity index (χ1n) is 6.22. The molecular formula is C13H13F2N3O. The maximum Gasteiger partial charge on any atom is 0.244 e. The molecule has 0 atom stereocenters. The molecule has 0 unspecified atom stereocenters. The smallest absolute Gasteiger partial charge is 0.244 e. The Kier molecular flexibility index (Phi) is 3.07. The minimum Gasteiger partial charge on any atom is -0.376 e. The number of nitrogens with zero attached hydrogens (tertiary/aromatic N) is 3. The van der Waals surface area contributed by atoms with Gasteiger partial charge in [-0.15, -0.1) is 0 Å². The molecule has 100 valence electrons. The molecule has 0 spiro atoms. The predicted octanol–water partition coefficient (Wildman–Crippen LogP) is 1.73. The van der Waals surface area contributed by atoms with Gasteiger partial charge in [0, 0.05) is 25.1 Å². The van der Waals surface area contributed by atoms with Crippen LogP contribution in [0.2, 0.25) is 0 Å². The Bertz CT molecular complexity index is 535. The van der Waals surface area contributed by atoms with Crippen molar-refractivity contribution in [1.82, 2.24) is 4.98 Å². The summed E-state index contributed by atoms with van der Waals surface area (Å²) in [5.41, 5.74) is 2.29. The highest BCUT2D eigenvalue weighted by Crippen LogP contribution is 2.31. The van der Waals surface area contributed by atoms with Crippen LogP contribution in [0.3, 0.4) is 0 Å². The zero-order chi connectivity index (χ0) is 13.4. The van der Waals surface area contributed by atoms with E-state index in [1.165, 1.54) is 0 Å². The van der Waals surface area contributed by atoms with Gasteiger partial charge in [-0.3, -0.25) is 0 Å². The molecule has 1 fully saturated rings. The first-order chi connectivity index (χ1) is 9.19. The molecule has 2 aliphatic heterocycles. The average molecular weight is 265 g/mol. The lowest BCUT2D eigenvalue weighted by Gasteiger charge is -2.40. The lowest BCUT2D eigenvalue weighted by atomic mass is 9.99. The number of alkyl halides is 2. The number of ether oxygens (including phenoxy) is 1. The fourth-order valence-corrected chi connectivity index (χ4v) is 2.44. The molecule has 0 aliphatic carbocycles. The van der Waals surface area contributed by atoms with Gasteiger partial charge in [0.1, 0.15) is 11.9 Å². The highest BCUT2D eigenvalue weighted by Gasteiger charge is 2.36. The van der Waals surface area contributed by atoms with Crippen molar-refractivity contribution in [2.24, 2.45) is 5.92 Å². The van der Waals surface area contributed by atoms with E-state index < -0.39 is 12.3 Å². The number of aromatic nitrogens is 1. The van der Waals surface area contributed by atoms with Crippen LogP contribution in [0, 0.1) is 17.2 Å². The van der Waals surface area contributed by atoms with E-state index in [0.717, 1.165) is 11.3 Å². The lowest BCUT2D eigenvalue weighted by molar-refractivity contribution is 0.0610. The monoisotopic (exact) mass is 265 g/mol. The number of rotatable bonds is 2. The summed E-state index contributed by atoms with van der Waals surface area (Å²) in [6.45, 7) is 1.63. The van der Waals surface area contributed by atoms with E-state index in [2.05, 4.69) is 11.1 Å². The van der Waals surface area contributed by atoms with Crippen molar-refractivity contribution >= 4 is 5.82 Å². The molecule has 3 heterocycles. The van der Waals surface area contributed by atoms with Crippen LogP contribution in [0.15, 0.2) is 6.07 Å². The highest BCUT2D eigenvalue weighted by molar-refractivity contribution is 5.57. The average Bonchev–Trinajstić information content (AvgIpc) is 2.35. The number of fused-ring (bicyclic) bond motifs is 1. The summed E-state index contributed by atoms with van der Waals surface area (Å²) >= 11 is 0. The van der Waals surface area contributed by atoms with Crippen molar-refractivity contribution in [3.8, 4) is 6.07 Å². The molecule has 0 bridgehead atoms. The topological polar surface area (TPSA) is 49.2 Å². The second-order valence-electron chi connectivity index (χ2n) is 4.88. The van der Waals surface area contributed by atoms with Gasteiger partial charge in [-0.05, 0) is 6.07 Å². The minimum atomic E-state index is -2.30. The van der Waals surface area contributed by atoms with Crippen molar-refractivity contribution in [3.05, 3.63) is 22.9 Å². The van der Waals surface area contributed by atoms with Crippen LogP contribution in [-0.4, -0.2) is 31.1 Å². The van der Waals surface area contributed by atoms with Crippen LogP contribution >= 0.6 is 0 Å². The molecule has 3 rings (SSSR count). The number of anilines is 1. The fourth-order valence-electron chi connectivity index (χ4n) is 2.44. The second-order valence-corrected chi connectivity index (χ2v) is 4.88. The van der Waals surface area contributed by atoms with Gasteiger partial charge in [0.2, 0.25) is 6.43 Å². The minimum absolute atomic E-state index is 0.272. The van der Waals surface area contributed by atoms with Crippen LogP contribution < -0.4 is 4.90 Å². The fraction of sp³-hybridized carbons (Fsp3) is 0.538. The van der Waals surface area contributed by atoms with Gasteiger partial charge < -0.3 is 9.64 Å². The zero-order valence-electron chi connectivity index (χ0n) is 10.3. The van der Waals surface area contributed by atoms with Gasteiger partial charge in [-0.2, -0.15) is 5.26 Å². The van der Waals surface area contributed by atoms with Crippen molar-refractivity contribution in [2.75, 3.05) is 24.6 Å². The molecule has 0 radical (unpaired) electrons. The molecule has 2 aliphatic rings. The molecule has 1 saturated heterocycles. The zero-order valence-corrected chi connectivity index (χ0v) is 10.3. The van der Waals surface area contributed by atoms with E-state index in [-0.39, 0.29) is 13.1 Å². The van der Waals surface area contributed by atoms with Gasteiger partial charge in [-0.25, -0.2) is 13.8 Å². The molecule has 0 aromatic carbocycles.